The van der Waals surface area contributed by atoms with Crippen molar-refractivity contribution in [3.8, 4) is 16.3 Å². The van der Waals surface area contributed by atoms with Crippen LogP contribution in [0.3, 0.4) is 0 Å². The van der Waals surface area contributed by atoms with Gasteiger partial charge >= 0.3 is 0 Å². The Morgan fingerprint density at radius 3 is 2.26 bits per heavy atom. The summed E-state index contributed by atoms with van der Waals surface area (Å²) in [6.45, 7) is 2.08. The van der Waals surface area contributed by atoms with Gasteiger partial charge in [0, 0.05) is 22.4 Å². The minimum absolute atomic E-state index is 0.139. The molecule has 0 aliphatic carbocycles. The van der Waals surface area contributed by atoms with Crippen LogP contribution in [-0.4, -0.2) is 27.2 Å². The summed E-state index contributed by atoms with van der Waals surface area (Å²) in [5.74, 6) is 0.436. The molecule has 7 heteroatoms. The van der Waals surface area contributed by atoms with Gasteiger partial charge in [0.05, 0.1) is 27.5 Å². The Bertz CT molecular complexity index is 1620. The smallest absolute Gasteiger partial charge is 0.267 e. The van der Waals surface area contributed by atoms with E-state index in [2.05, 4.69) is 37.3 Å². The number of aryl methyl sites for hydroxylation is 1. The predicted molar refractivity (Wildman–Crippen MR) is 158 cm³/mol. The maximum atomic E-state index is 13.8. The first-order chi connectivity index (χ1) is 18.7. The molecule has 0 saturated heterocycles. The third-order valence-electron chi connectivity index (χ3n) is 6.17. The monoisotopic (exact) mass is 532 g/mol. The van der Waals surface area contributed by atoms with E-state index in [4.69, 9.17) is 10.2 Å². The van der Waals surface area contributed by atoms with Crippen LogP contribution >= 0.6 is 23.1 Å². The van der Waals surface area contributed by atoms with Crippen molar-refractivity contribution in [1.29, 1.82) is 0 Å². The molecule has 3 heterocycles. The average molecular weight is 533 g/mol. The fourth-order valence-corrected chi connectivity index (χ4v) is 5.78. The zero-order chi connectivity index (χ0) is 25.9. The molecular weight excluding hydrogens is 509 g/mol. The van der Waals surface area contributed by atoms with Crippen molar-refractivity contribution in [3.63, 3.8) is 0 Å². The van der Waals surface area contributed by atoms with Gasteiger partial charge in [-0.2, -0.15) is 15.2 Å². The van der Waals surface area contributed by atoms with Crippen LogP contribution < -0.4 is 5.01 Å². The van der Waals surface area contributed by atoms with Crippen LogP contribution in [-0.2, 0) is 4.79 Å². The van der Waals surface area contributed by atoms with Gasteiger partial charge in [0.2, 0.25) is 0 Å². The number of carbonyl (C=O) groups excluding carboxylic acids is 1. The molecule has 0 spiro atoms. The average Bonchev–Trinajstić information content (AvgIpc) is 3.70. The molecule has 0 atom stereocenters. The predicted octanol–water partition coefficient (Wildman–Crippen LogP) is 7.49. The lowest BCUT2D eigenvalue weighted by Crippen LogP contribution is -2.21. The topological polar surface area (TPSA) is 50.5 Å². The highest BCUT2D eigenvalue weighted by atomic mass is 32.2. The van der Waals surface area contributed by atoms with Crippen LogP contribution in [0.1, 0.15) is 11.1 Å². The number of nitrogens with zero attached hydrogens (tertiary/aromatic N) is 4. The summed E-state index contributed by atoms with van der Waals surface area (Å²) in [6, 6.07) is 32.1. The van der Waals surface area contributed by atoms with E-state index in [0.29, 0.717) is 11.3 Å². The zero-order valence-corrected chi connectivity index (χ0v) is 22.3. The maximum absolute atomic E-state index is 13.8. The lowest BCUT2D eigenvalue weighted by atomic mass is 10.1. The lowest BCUT2D eigenvalue weighted by Gasteiger charge is -2.10. The Kier molecular flexibility index (Phi) is 6.77. The number of carbonyl (C=O) groups is 1. The normalized spacial score (nSPS) is 14.3. The summed E-state index contributed by atoms with van der Waals surface area (Å²) in [5, 5.41) is 13.2. The summed E-state index contributed by atoms with van der Waals surface area (Å²) in [5.41, 5.74) is 5.97. The number of benzene rings is 3. The molecule has 5 aromatic rings. The number of thiophene rings is 1. The van der Waals surface area contributed by atoms with Crippen molar-refractivity contribution in [2.24, 2.45) is 5.10 Å². The molecule has 0 N–H and O–H groups in total. The standard InChI is InChI=1S/C31H24N4OS2/c1-22-14-16-26(17-15-22)38-21-28-27(31(36)35(32-28)25-11-6-3-7-12-25)19-23-20-34(24-9-4-2-5-10-24)33-30(23)29-13-8-18-37-29/h2-20H,21H2,1H3/b27-19-. The number of aromatic nitrogens is 2. The molecule has 2 aromatic heterocycles. The molecule has 1 aliphatic rings. The Labute approximate surface area is 229 Å². The number of anilines is 1. The molecule has 186 valence electrons. The number of rotatable bonds is 7. The van der Waals surface area contributed by atoms with Crippen LogP contribution in [0, 0.1) is 6.92 Å². The first-order valence-electron chi connectivity index (χ1n) is 12.2. The number of hydrogen-bond acceptors (Lipinski definition) is 5. The van der Waals surface area contributed by atoms with Gasteiger partial charge in [-0.05, 0) is 60.8 Å². The summed E-state index contributed by atoms with van der Waals surface area (Å²) in [6.07, 6.45) is 3.93. The first-order valence-corrected chi connectivity index (χ1v) is 14.1. The molecule has 5 nitrogen and oxygen atoms in total. The van der Waals surface area contributed by atoms with Gasteiger partial charge in [0.1, 0.15) is 5.69 Å². The van der Waals surface area contributed by atoms with Crippen LogP contribution in [0.4, 0.5) is 5.69 Å². The van der Waals surface area contributed by atoms with E-state index in [1.165, 1.54) is 10.6 Å². The largest absolute Gasteiger partial charge is 0.280 e. The zero-order valence-electron chi connectivity index (χ0n) is 20.7. The van der Waals surface area contributed by atoms with Gasteiger partial charge in [-0.15, -0.1) is 23.1 Å². The lowest BCUT2D eigenvalue weighted by molar-refractivity contribution is -0.114. The second-order valence-electron chi connectivity index (χ2n) is 8.85. The number of amides is 1. The Hall–Kier alpha value is -4.20. The summed E-state index contributed by atoms with van der Waals surface area (Å²) in [4.78, 5) is 15.9. The fourth-order valence-electron chi connectivity index (χ4n) is 4.21. The Morgan fingerprint density at radius 2 is 1.58 bits per heavy atom. The Morgan fingerprint density at radius 1 is 0.868 bits per heavy atom. The third-order valence-corrected chi connectivity index (χ3v) is 8.07. The van der Waals surface area contributed by atoms with E-state index in [1.54, 1.807) is 23.1 Å². The van der Waals surface area contributed by atoms with E-state index in [9.17, 15) is 4.79 Å². The number of hydrogen-bond donors (Lipinski definition) is 0. The van der Waals surface area contributed by atoms with Gasteiger partial charge in [0.25, 0.3) is 5.91 Å². The molecule has 1 amide bonds. The second-order valence-corrected chi connectivity index (χ2v) is 10.8. The fraction of sp³-hybridized carbons (Fsp3) is 0.0645. The van der Waals surface area contributed by atoms with Crippen LogP contribution in [0.25, 0.3) is 22.3 Å². The van der Waals surface area contributed by atoms with Gasteiger partial charge < -0.3 is 0 Å². The summed E-state index contributed by atoms with van der Waals surface area (Å²) < 4.78 is 1.87. The number of para-hydroxylation sites is 2. The van der Waals surface area contributed by atoms with Crippen molar-refractivity contribution < 1.29 is 4.79 Å². The van der Waals surface area contributed by atoms with E-state index in [0.717, 1.165) is 38.1 Å². The van der Waals surface area contributed by atoms with E-state index < -0.39 is 0 Å². The molecule has 0 unspecified atom stereocenters. The van der Waals surface area contributed by atoms with Crippen molar-refractivity contribution in [2.75, 3.05) is 10.8 Å². The second kappa shape index (κ2) is 10.7. The highest BCUT2D eigenvalue weighted by Gasteiger charge is 2.31. The van der Waals surface area contributed by atoms with Gasteiger partial charge in [-0.1, -0.05) is 60.2 Å². The van der Waals surface area contributed by atoms with E-state index in [1.807, 2.05) is 89.1 Å². The van der Waals surface area contributed by atoms with E-state index >= 15 is 0 Å². The van der Waals surface area contributed by atoms with E-state index in [-0.39, 0.29) is 5.91 Å². The van der Waals surface area contributed by atoms with Crippen LogP contribution in [0.15, 0.2) is 124 Å². The molecule has 6 rings (SSSR count). The van der Waals surface area contributed by atoms with Gasteiger partial charge in [-0.25, -0.2) is 4.68 Å². The van der Waals surface area contributed by atoms with Crippen molar-refractivity contribution in [2.45, 2.75) is 11.8 Å². The third kappa shape index (κ3) is 4.98. The quantitative estimate of drug-likeness (QED) is 0.161. The van der Waals surface area contributed by atoms with Crippen LogP contribution in [0.5, 0.6) is 0 Å². The highest BCUT2D eigenvalue weighted by Crippen LogP contribution is 2.33. The molecule has 0 fully saturated rings. The highest BCUT2D eigenvalue weighted by molar-refractivity contribution is 8.00. The molecule has 0 bridgehead atoms. The Balaban J connectivity index is 1.41. The SMILES string of the molecule is Cc1ccc(SCC2=NN(c3ccccc3)C(=O)/C2=C\c2cn(-c3ccccc3)nc2-c2cccs2)cc1. The molecule has 1 aliphatic heterocycles. The minimum Gasteiger partial charge on any atom is -0.267 e. The molecule has 0 saturated carbocycles. The molecule has 38 heavy (non-hydrogen) atoms. The minimum atomic E-state index is -0.139. The van der Waals surface area contributed by atoms with Crippen molar-refractivity contribution >= 4 is 46.5 Å². The molecule has 3 aromatic carbocycles. The van der Waals surface area contributed by atoms with Gasteiger partial charge in [0.15, 0.2) is 0 Å². The number of hydrazone groups is 1. The molecular formula is C31H24N4OS2. The first kappa shape index (κ1) is 24.2. The summed E-state index contributed by atoms with van der Waals surface area (Å²) in [7, 11) is 0. The van der Waals surface area contributed by atoms with Gasteiger partial charge in [-0.3, -0.25) is 4.79 Å². The number of thioether (sulfide) groups is 1. The van der Waals surface area contributed by atoms with Crippen molar-refractivity contribution in [1.82, 2.24) is 9.78 Å². The maximum Gasteiger partial charge on any atom is 0.280 e. The van der Waals surface area contributed by atoms with Crippen molar-refractivity contribution in [3.05, 3.63) is 125 Å². The molecule has 0 radical (unpaired) electrons. The van der Waals surface area contributed by atoms with Crippen LogP contribution in [0.2, 0.25) is 0 Å². The summed E-state index contributed by atoms with van der Waals surface area (Å²) >= 11 is 3.30.